The summed E-state index contributed by atoms with van der Waals surface area (Å²) < 4.78 is 9.74. The quantitative estimate of drug-likeness (QED) is 0.701. The second-order valence-electron chi connectivity index (χ2n) is 4.54. The summed E-state index contributed by atoms with van der Waals surface area (Å²) in [5, 5.41) is 2.74. The number of ether oxygens (including phenoxy) is 2. The van der Waals surface area contributed by atoms with E-state index in [9.17, 15) is 14.4 Å². The molecule has 0 rings (SSSR count). The number of hydrogen-bond acceptors (Lipinski definition) is 5. The highest BCUT2D eigenvalue weighted by atomic mass is 16.6. The predicted octanol–water partition coefficient (Wildman–Crippen LogP) is 1.03. The van der Waals surface area contributed by atoms with Crippen LogP contribution in [0, 0.1) is 5.92 Å². The summed E-state index contributed by atoms with van der Waals surface area (Å²) in [4.78, 5) is 33.8. The van der Waals surface area contributed by atoms with E-state index in [4.69, 9.17) is 4.74 Å². The van der Waals surface area contributed by atoms with Gasteiger partial charge in [-0.1, -0.05) is 20.3 Å². The Morgan fingerprint density at radius 3 is 2.16 bits per heavy atom. The van der Waals surface area contributed by atoms with Crippen molar-refractivity contribution in [3.8, 4) is 0 Å². The summed E-state index contributed by atoms with van der Waals surface area (Å²) in [6.07, 6.45) is -0.0151. The molecule has 0 saturated heterocycles. The molecule has 0 spiro atoms. The predicted molar refractivity (Wildman–Crippen MR) is 69.2 cm³/mol. The van der Waals surface area contributed by atoms with Gasteiger partial charge in [-0.15, -0.1) is 0 Å². The third kappa shape index (κ3) is 6.79. The van der Waals surface area contributed by atoms with E-state index < -0.39 is 24.1 Å². The molecule has 6 heteroatoms. The van der Waals surface area contributed by atoms with Crippen LogP contribution in [0.1, 0.15) is 40.5 Å². The lowest BCUT2D eigenvalue weighted by Crippen LogP contribution is -2.49. The molecule has 0 fully saturated rings. The zero-order valence-electron chi connectivity index (χ0n) is 12.2. The van der Waals surface area contributed by atoms with Crippen molar-refractivity contribution in [1.29, 1.82) is 0 Å². The van der Waals surface area contributed by atoms with Crippen LogP contribution in [-0.2, 0) is 23.9 Å². The average Bonchev–Trinajstić information content (AvgIpc) is 2.33. The fraction of sp³-hybridized carbons (Fsp3) is 0.769. The second kappa shape index (κ2) is 8.50. The van der Waals surface area contributed by atoms with Crippen molar-refractivity contribution < 1.29 is 23.9 Å². The van der Waals surface area contributed by atoms with E-state index in [1.807, 2.05) is 13.8 Å². The molecule has 0 bridgehead atoms. The number of hydrogen-bond donors (Lipinski definition) is 1. The summed E-state index contributed by atoms with van der Waals surface area (Å²) in [6, 6.07) is -0.412. The molecule has 1 amide bonds. The molecule has 110 valence electrons. The van der Waals surface area contributed by atoms with Crippen LogP contribution in [-0.4, -0.2) is 37.1 Å². The number of rotatable bonds is 7. The topological polar surface area (TPSA) is 81.7 Å². The number of carbonyl (C=O) groups is 3. The van der Waals surface area contributed by atoms with E-state index >= 15 is 0 Å². The normalized spacial score (nSPS) is 15.0. The molecule has 0 aliphatic heterocycles. The van der Waals surface area contributed by atoms with E-state index in [0.717, 1.165) is 6.42 Å². The molecule has 19 heavy (non-hydrogen) atoms. The molecule has 0 unspecified atom stereocenters. The Morgan fingerprint density at radius 1 is 1.21 bits per heavy atom. The van der Waals surface area contributed by atoms with E-state index in [0.29, 0.717) is 0 Å². The summed E-state index contributed by atoms with van der Waals surface area (Å²) >= 11 is 0. The van der Waals surface area contributed by atoms with Gasteiger partial charge in [0.25, 0.3) is 0 Å². The zero-order valence-corrected chi connectivity index (χ0v) is 12.2. The van der Waals surface area contributed by atoms with Crippen LogP contribution in [0.15, 0.2) is 0 Å². The summed E-state index contributed by atoms with van der Waals surface area (Å²) in [5.74, 6) is -1.14. The first-order valence-electron chi connectivity index (χ1n) is 6.32. The van der Waals surface area contributed by atoms with Crippen molar-refractivity contribution in [3.05, 3.63) is 0 Å². The van der Waals surface area contributed by atoms with Gasteiger partial charge in [0.1, 0.15) is 6.10 Å². The average molecular weight is 273 g/mol. The van der Waals surface area contributed by atoms with Gasteiger partial charge in [-0.25, -0.2) is 0 Å². The molecule has 0 saturated carbocycles. The Balaban J connectivity index is 5.03. The lowest BCUT2D eigenvalue weighted by atomic mass is 9.92. The third-order valence-corrected chi connectivity index (χ3v) is 2.94. The molecule has 1 N–H and O–H groups in total. The molecule has 0 aromatic carbocycles. The Labute approximate surface area is 113 Å². The molecular weight excluding hydrogens is 250 g/mol. The van der Waals surface area contributed by atoms with Gasteiger partial charge in [0.2, 0.25) is 5.91 Å². The van der Waals surface area contributed by atoms with Gasteiger partial charge in [0.15, 0.2) is 0 Å². The third-order valence-electron chi connectivity index (χ3n) is 2.94. The van der Waals surface area contributed by atoms with Gasteiger partial charge in [-0.3, -0.25) is 14.4 Å². The molecule has 6 nitrogen and oxygen atoms in total. The highest BCUT2D eigenvalue weighted by Crippen LogP contribution is 2.17. The highest BCUT2D eigenvalue weighted by Gasteiger charge is 2.31. The van der Waals surface area contributed by atoms with Gasteiger partial charge in [-0.2, -0.15) is 0 Å². The fourth-order valence-corrected chi connectivity index (χ4v) is 1.79. The van der Waals surface area contributed by atoms with Crippen molar-refractivity contribution in [3.63, 3.8) is 0 Å². The molecule has 0 radical (unpaired) electrons. The lowest BCUT2D eigenvalue weighted by molar-refractivity contribution is -0.155. The van der Waals surface area contributed by atoms with Crippen molar-refractivity contribution in [2.75, 3.05) is 7.11 Å². The standard InChI is InChI=1S/C13H23NO5/c1-6-8(2)13(14-9(3)15)11(19-10(4)16)7-12(17)18-5/h8,11,13H,6-7H2,1-5H3,(H,14,15)/t8-,11+,13+/m1/s1. The Hall–Kier alpha value is -1.59. The van der Waals surface area contributed by atoms with Gasteiger partial charge >= 0.3 is 11.9 Å². The maximum Gasteiger partial charge on any atom is 0.309 e. The van der Waals surface area contributed by atoms with Crippen molar-refractivity contribution in [1.82, 2.24) is 5.32 Å². The van der Waals surface area contributed by atoms with Crippen LogP contribution in [0.25, 0.3) is 0 Å². The monoisotopic (exact) mass is 273 g/mol. The molecule has 0 aliphatic carbocycles. The van der Waals surface area contributed by atoms with Crippen LogP contribution in [0.4, 0.5) is 0 Å². The Bertz CT molecular complexity index is 329. The molecule has 0 heterocycles. The zero-order chi connectivity index (χ0) is 15.0. The van der Waals surface area contributed by atoms with Gasteiger partial charge in [-0.05, 0) is 5.92 Å². The smallest absolute Gasteiger partial charge is 0.309 e. The van der Waals surface area contributed by atoms with Gasteiger partial charge in [0.05, 0.1) is 19.6 Å². The molecular formula is C13H23NO5. The van der Waals surface area contributed by atoms with E-state index in [1.165, 1.54) is 21.0 Å². The number of amides is 1. The molecule has 0 aromatic heterocycles. The van der Waals surface area contributed by atoms with E-state index in [2.05, 4.69) is 10.1 Å². The minimum atomic E-state index is -0.719. The van der Waals surface area contributed by atoms with Crippen LogP contribution >= 0.6 is 0 Å². The maximum atomic E-state index is 11.4. The Morgan fingerprint density at radius 2 is 1.79 bits per heavy atom. The summed E-state index contributed by atoms with van der Waals surface area (Å²) in [6.45, 7) is 6.54. The number of nitrogens with one attached hydrogen (secondary N) is 1. The van der Waals surface area contributed by atoms with Gasteiger partial charge < -0.3 is 14.8 Å². The summed E-state index contributed by atoms with van der Waals surface area (Å²) in [5.41, 5.74) is 0. The highest BCUT2D eigenvalue weighted by molar-refractivity contribution is 5.74. The van der Waals surface area contributed by atoms with Crippen LogP contribution in [0.5, 0.6) is 0 Å². The largest absolute Gasteiger partial charge is 0.469 e. The molecule has 0 aliphatic rings. The summed E-state index contributed by atoms with van der Waals surface area (Å²) in [7, 11) is 1.27. The van der Waals surface area contributed by atoms with Crippen LogP contribution in [0.2, 0.25) is 0 Å². The maximum absolute atomic E-state index is 11.4. The van der Waals surface area contributed by atoms with Crippen LogP contribution < -0.4 is 5.32 Å². The number of methoxy groups -OCH3 is 1. The first-order chi connectivity index (χ1) is 8.81. The van der Waals surface area contributed by atoms with Crippen molar-refractivity contribution in [2.24, 2.45) is 5.92 Å². The van der Waals surface area contributed by atoms with Crippen molar-refractivity contribution in [2.45, 2.75) is 52.7 Å². The number of esters is 2. The molecule has 3 atom stereocenters. The Kier molecular flexibility index (Phi) is 7.79. The lowest BCUT2D eigenvalue weighted by Gasteiger charge is -2.30. The van der Waals surface area contributed by atoms with Crippen LogP contribution in [0.3, 0.4) is 0 Å². The fourth-order valence-electron chi connectivity index (χ4n) is 1.79. The first kappa shape index (κ1) is 17.4. The van der Waals surface area contributed by atoms with E-state index in [-0.39, 0.29) is 18.2 Å². The van der Waals surface area contributed by atoms with Crippen molar-refractivity contribution >= 4 is 17.8 Å². The van der Waals surface area contributed by atoms with Gasteiger partial charge in [0, 0.05) is 13.8 Å². The number of carbonyl (C=O) groups excluding carboxylic acids is 3. The first-order valence-corrected chi connectivity index (χ1v) is 6.32. The SMILES string of the molecule is CC[C@@H](C)[C@H](NC(C)=O)[C@H](CC(=O)OC)OC(C)=O. The molecule has 0 aromatic rings. The van der Waals surface area contributed by atoms with E-state index in [1.54, 1.807) is 0 Å². The second-order valence-corrected chi connectivity index (χ2v) is 4.54. The minimum Gasteiger partial charge on any atom is -0.469 e. The minimum absolute atomic E-state index is 0.0675.